The molecule has 0 amide bonds. The molecule has 272 valence electrons. The number of azide groups is 1. The minimum atomic E-state index is -2.01. The number of pyridine rings is 1. The number of fused-ring (bicyclic) bond motifs is 2. The number of rotatable bonds is 12. The highest BCUT2D eigenvalue weighted by Gasteiger charge is 2.52. The van der Waals surface area contributed by atoms with Crippen LogP contribution in [0.3, 0.4) is 0 Å². The van der Waals surface area contributed by atoms with Gasteiger partial charge in [0.15, 0.2) is 20.1 Å². The van der Waals surface area contributed by atoms with Gasteiger partial charge in [0.05, 0.1) is 30.0 Å². The third-order valence-corrected chi connectivity index (χ3v) is 17.4. The van der Waals surface area contributed by atoms with E-state index >= 15 is 0 Å². The van der Waals surface area contributed by atoms with Crippen molar-refractivity contribution >= 4 is 39.2 Å². The number of aromatic nitrogens is 3. The maximum absolute atomic E-state index is 8.80. The zero-order valence-corrected chi connectivity index (χ0v) is 33.6. The Morgan fingerprint density at radius 3 is 2.28 bits per heavy atom. The van der Waals surface area contributed by atoms with Gasteiger partial charge in [-0.3, -0.25) is 4.57 Å². The Morgan fingerprint density at radius 2 is 1.64 bits per heavy atom. The fourth-order valence-corrected chi connectivity index (χ4v) is 9.10. The van der Waals surface area contributed by atoms with Crippen molar-refractivity contribution < 1.29 is 23.4 Å². The van der Waals surface area contributed by atoms with Crippen molar-refractivity contribution in [1.82, 2.24) is 14.5 Å². The zero-order chi connectivity index (χ0) is 35.8. The van der Waals surface area contributed by atoms with Gasteiger partial charge in [-0.25, -0.2) is 4.98 Å². The molecule has 2 aliphatic heterocycles. The largest absolute Gasteiger partial charge is 0.456 e. The SMILES string of the molecule is CC(C)(C)[Si](C)(C)OC1COC2C(Oc3nc4cc(Cl)c(-c5ccc(C6CCC(N=[N+]=[N-])CC6)cc5)nc4n3COCC[Si](C)(C)C)COC12. The molecule has 6 rings (SSSR count). The maximum atomic E-state index is 8.80. The summed E-state index contributed by atoms with van der Waals surface area (Å²) in [5.74, 6) is 0.450. The lowest BCUT2D eigenvalue weighted by molar-refractivity contribution is 0.00687. The van der Waals surface area contributed by atoms with Gasteiger partial charge in [0, 0.05) is 31.2 Å². The third-order valence-electron chi connectivity index (χ3n) is 10.9. The minimum absolute atomic E-state index is 0.0869. The van der Waals surface area contributed by atoms with E-state index in [9.17, 15) is 0 Å². The van der Waals surface area contributed by atoms with Crippen molar-refractivity contribution in [1.29, 1.82) is 0 Å². The summed E-state index contributed by atoms with van der Waals surface area (Å²) in [6, 6.07) is 11.9. The molecule has 3 aliphatic rings. The standard InChI is InChI=1S/C36H53ClN6O5Si2/c1-36(2,3)50(7,8)48-30-21-46-32-29(20-45-33(30)32)47-35-39-28-19-27(37)31(40-34(28)43(35)22-44-17-18-49(4,5)6)25-11-9-23(10-12-25)24-13-15-26(16-14-24)41-42-38/h9-12,19,24,26,29-30,32-33H,13-18,20-22H2,1-8H3. The van der Waals surface area contributed by atoms with Crippen LogP contribution in [-0.4, -0.2) is 81.2 Å². The van der Waals surface area contributed by atoms with E-state index < -0.39 is 16.4 Å². The lowest BCUT2D eigenvalue weighted by atomic mass is 9.82. The Hall–Kier alpha value is -2.49. The van der Waals surface area contributed by atoms with E-state index in [-0.39, 0.29) is 42.2 Å². The van der Waals surface area contributed by atoms with Gasteiger partial charge in [-0.15, -0.1) is 0 Å². The molecule has 11 nitrogen and oxygen atoms in total. The van der Waals surface area contributed by atoms with Crippen molar-refractivity contribution in [3.8, 4) is 17.3 Å². The van der Waals surface area contributed by atoms with E-state index in [2.05, 4.69) is 87.8 Å². The van der Waals surface area contributed by atoms with Gasteiger partial charge in [0.2, 0.25) is 0 Å². The summed E-state index contributed by atoms with van der Waals surface area (Å²) in [6.45, 7) is 20.0. The summed E-state index contributed by atoms with van der Waals surface area (Å²) < 4.78 is 34.0. The average molecular weight is 741 g/mol. The summed E-state index contributed by atoms with van der Waals surface area (Å²) in [5.41, 5.74) is 13.0. The molecule has 14 heteroatoms. The molecule has 0 spiro atoms. The van der Waals surface area contributed by atoms with Gasteiger partial charge >= 0.3 is 6.01 Å². The van der Waals surface area contributed by atoms with Crippen molar-refractivity contribution in [2.45, 2.75) is 133 Å². The molecule has 2 saturated heterocycles. The predicted molar refractivity (Wildman–Crippen MR) is 202 cm³/mol. The highest BCUT2D eigenvalue weighted by Crippen LogP contribution is 2.41. The van der Waals surface area contributed by atoms with Crippen molar-refractivity contribution in [3.05, 3.63) is 51.4 Å². The first kappa shape index (κ1) is 37.3. The Kier molecular flexibility index (Phi) is 11.1. The molecule has 1 aromatic carbocycles. The summed E-state index contributed by atoms with van der Waals surface area (Å²) in [5, 5.41) is 4.53. The van der Waals surface area contributed by atoms with Crippen LogP contribution in [0.25, 0.3) is 32.9 Å². The van der Waals surface area contributed by atoms with Crippen molar-refractivity contribution in [2.75, 3.05) is 19.8 Å². The molecule has 3 aromatic rings. The molecule has 4 unspecified atom stereocenters. The molecule has 4 atom stereocenters. The van der Waals surface area contributed by atoms with Crippen LogP contribution in [0, 0.1) is 0 Å². The van der Waals surface area contributed by atoms with Gasteiger partial charge in [-0.2, -0.15) is 4.98 Å². The summed E-state index contributed by atoms with van der Waals surface area (Å²) in [4.78, 5) is 12.9. The first-order chi connectivity index (χ1) is 23.6. The third kappa shape index (κ3) is 8.26. The monoisotopic (exact) mass is 740 g/mol. The van der Waals surface area contributed by atoms with Crippen molar-refractivity contribution in [2.24, 2.45) is 5.11 Å². The van der Waals surface area contributed by atoms with Crippen LogP contribution < -0.4 is 4.74 Å². The van der Waals surface area contributed by atoms with Crippen LogP contribution in [0.5, 0.6) is 6.01 Å². The van der Waals surface area contributed by atoms with Gasteiger partial charge in [0.25, 0.3) is 0 Å². The van der Waals surface area contributed by atoms with Crippen molar-refractivity contribution in [3.63, 3.8) is 0 Å². The van der Waals surface area contributed by atoms with Gasteiger partial charge in [-0.1, -0.05) is 81.4 Å². The Balaban J connectivity index is 1.23. The summed E-state index contributed by atoms with van der Waals surface area (Å²) in [6.07, 6.45) is 2.93. The lowest BCUT2D eigenvalue weighted by Crippen LogP contribution is -2.47. The number of nitrogens with zero attached hydrogens (tertiary/aromatic N) is 6. The van der Waals surface area contributed by atoms with E-state index in [0.717, 1.165) is 37.3 Å². The van der Waals surface area contributed by atoms with E-state index in [1.54, 1.807) is 0 Å². The number of benzene rings is 1. The van der Waals surface area contributed by atoms with Gasteiger partial charge in [0.1, 0.15) is 24.5 Å². The Labute approximate surface area is 303 Å². The fourth-order valence-electron chi connectivity index (χ4n) is 6.78. The number of imidazole rings is 1. The molecular weight excluding hydrogens is 688 g/mol. The molecule has 2 aromatic heterocycles. The van der Waals surface area contributed by atoms with E-state index in [1.807, 2.05) is 10.6 Å². The second-order valence-electron chi connectivity index (χ2n) is 16.8. The number of hydrogen-bond acceptors (Lipinski definition) is 8. The van der Waals surface area contributed by atoms with Crippen LogP contribution in [0.15, 0.2) is 35.4 Å². The fraction of sp³-hybridized carbons (Fsp3) is 0.667. The van der Waals surface area contributed by atoms with Crippen LogP contribution in [-0.2, 0) is 25.4 Å². The molecule has 50 heavy (non-hydrogen) atoms. The van der Waals surface area contributed by atoms with Gasteiger partial charge in [-0.05, 0) is 72.9 Å². The summed E-state index contributed by atoms with van der Waals surface area (Å²) in [7, 11) is -3.30. The molecule has 0 N–H and O–H groups in total. The molecule has 3 fully saturated rings. The molecule has 0 bridgehead atoms. The molecule has 1 aliphatic carbocycles. The van der Waals surface area contributed by atoms with E-state index in [1.165, 1.54) is 5.56 Å². The Bertz CT molecular complexity index is 1690. The van der Waals surface area contributed by atoms with Crippen LogP contribution in [0.1, 0.15) is 57.9 Å². The first-order valence-corrected chi connectivity index (χ1v) is 25.0. The maximum Gasteiger partial charge on any atom is 0.301 e. The lowest BCUT2D eigenvalue weighted by Gasteiger charge is -2.39. The molecular formula is C36H53ClN6O5Si2. The van der Waals surface area contributed by atoms with Gasteiger partial charge < -0.3 is 23.4 Å². The Morgan fingerprint density at radius 1 is 0.980 bits per heavy atom. The van der Waals surface area contributed by atoms with E-state index in [0.29, 0.717) is 53.6 Å². The zero-order valence-electron chi connectivity index (χ0n) is 30.8. The highest BCUT2D eigenvalue weighted by atomic mass is 35.5. The number of hydrogen-bond donors (Lipinski definition) is 0. The first-order valence-electron chi connectivity index (χ1n) is 18.0. The number of halogens is 1. The van der Waals surface area contributed by atoms with Crippen LogP contribution >= 0.6 is 11.6 Å². The normalized spacial score (nSPS) is 25.9. The molecule has 4 heterocycles. The topological polar surface area (TPSA) is 126 Å². The van der Waals surface area contributed by atoms with Crippen LogP contribution in [0.4, 0.5) is 0 Å². The van der Waals surface area contributed by atoms with Crippen LogP contribution in [0.2, 0.25) is 48.8 Å². The summed E-state index contributed by atoms with van der Waals surface area (Å²) >= 11 is 6.89. The number of ether oxygens (including phenoxy) is 4. The second kappa shape index (κ2) is 14.9. The predicted octanol–water partition coefficient (Wildman–Crippen LogP) is 9.34. The quantitative estimate of drug-likeness (QED) is 0.0596. The highest BCUT2D eigenvalue weighted by molar-refractivity contribution is 6.76. The molecule has 1 saturated carbocycles. The van der Waals surface area contributed by atoms with E-state index in [4.69, 9.17) is 50.5 Å². The average Bonchev–Trinajstić information content (AvgIpc) is 3.73. The smallest absolute Gasteiger partial charge is 0.301 e. The second-order valence-corrected chi connectivity index (χ2v) is 27.6. The molecule has 0 radical (unpaired) electrons. The minimum Gasteiger partial charge on any atom is -0.456 e.